The van der Waals surface area contributed by atoms with Crippen molar-refractivity contribution in [1.29, 1.82) is 0 Å². The van der Waals surface area contributed by atoms with Gasteiger partial charge in [0.2, 0.25) is 0 Å². The first kappa shape index (κ1) is 11.5. The highest BCUT2D eigenvalue weighted by Crippen LogP contribution is 2.33. The van der Waals surface area contributed by atoms with Crippen LogP contribution in [0, 0.1) is 13.8 Å². The van der Waals surface area contributed by atoms with E-state index in [0.29, 0.717) is 0 Å². The van der Waals surface area contributed by atoms with E-state index in [1.165, 1.54) is 0 Å². The molecule has 2 rings (SSSR count). The fraction of sp³-hybridized carbons (Fsp3) is 0.818. The number of hydrogen-bond acceptors (Lipinski definition) is 4. The Kier molecular flexibility index (Phi) is 2.99. The van der Waals surface area contributed by atoms with Gasteiger partial charge >= 0.3 is 0 Å². The number of hydrogen-bond donors (Lipinski definition) is 2. The van der Waals surface area contributed by atoms with E-state index in [-0.39, 0.29) is 12.6 Å². The molecule has 90 valence electrons. The van der Waals surface area contributed by atoms with Gasteiger partial charge in [-0.1, -0.05) is 0 Å². The molecule has 2 unspecified atom stereocenters. The molecule has 1 saturated carbocycles. The molecular weight excluding hydrogens is 204 g/mol. The molecule has 3 N–H and O–H groups in total. The lowest BCUT2D eigenvalue weighted by molar-refractivity contribution is 0.126. The number of aryl methyl sites for hydroxylation is 2. The number of aliphatic hydroxyl groups excluding tert-OH is 1. The summed E-state index contributed by atoms with van der Waals surface area (Å²) >= 11 is 0. The van der Waals surface area contributed by atoms with Crippen LogP contribution in [-0.2, 0) is 0 Å². The Morgan fingerprint density at radius 1 is 1.56 bits per heavy atom. The maximum absolute atomic E-state index is 9.32. The minimum Gasteiger partial charge on any atom is -0.394 e. The summed E-state index contributed by atoms with van der Waals surface area (Å²) in [6, 6.07) is 0.284. The minimum atomic E-state index is -0.435. The minimum absolute atomic E-state index is 0.0518. The van der Waals surface area contributed by atoms with Crippen molar-refractivity contribution >= 4 is 0 Å². The van der Waals surface area contributed by atoms with Crippen molar-refractivity contribution in [3.05, 3.63) is 11.6 Å². The molecule has 2 atom stereocenters. The monoisotopic (exact) mass is 224 g/mol. The highest BCUT2D eigenvalue weighted by Gasteiger charge is 2.34. The Morgan fingerprint density at radius 2 is 2.31 bits per heavy atom. The first-order valence-electron chi connectivity index (χ1n) is 5.83. The van der Waals surface area contributed by atoms with E-state index in [9.17, 15) is 5.11 Å². The zero-order chi connectivity index (χ0) is 11.8. The summed E-state index contributed by atoms with van der Waals surface area (Å²) in [5.74, 6) is 1.74. The summed E-state index contributed by atoms with van der Waals surface area (Å²) in [5.41, 5.74) is 5.70. The number of aromatic nitrogens is 3. The average molecular weight is 224 g/mol. The molecular formula is C11H20N4O. The molecule has 0 saturated heterocycles. The maximum atomic E-state index is 9.32. The number of aliphatic hydroxyl groups is 1. The van der Waals surface area contributed by atoms with Crippen molar-refractivity contribution in [2.24, 2.45) is 5.73 Å². The summed E-state index contributed by atoms with van der Waals surface area (Å²) in [5, 5.41) is 13.7. The summed E-state index contributed by atoms with van der Waals surface area (Å²) in [6.07, 6.45) is 3.79. The third kappa shape index (κ3) is 2.10. The predicted octanol–water partition coefficient (Wildman–Crippen LogP) is 0.700. The molecule has 1 fully saturated rings. The van der Waals surface area contributed by atoms with Gasteiger partial charge in [0, 0.05) is 5.54 Å². The molecule has 1 heterocycles. The fourth-order valence-electron chi connectivity index (χ4n) is 2.60. The molecule has 5 nitrogen and oxygen atoms in total. The van der Waals surface area contributed by atoms with Crippen LogP contribution in [-0.4, -0.2) is 32.0 Å². The van der Waals surface area contributed by atoms with Gasteiger partial charge in [0.25, 0.3) is 0 Å². The van der Waals surface area contributed by atoms with Crippen LogP contribution in [0.4, 0.5) is 0 Å². The first-order valence-corrected chi connectivity index (χ1v) is 5.83. The van der Waals surface area contributed by atoms with E-state index in [1.54, 1.807) is 0 Å². The molecule has 1 aromatic rings. The molecule has 5 heteroatoms. The molecule has 0 spiro atoms. The topological polar surface area (TPSA) is 77.0 Å². The summed E-state index contributed by atoms with van der Waals surface area (Å²) in [7, 11) is 0. The van der Waals surface area contributed by atoms with Crippen LogP contribution in [0.15, 0.2) is 0 Å². The van der Waals surface area contributed by atoms with E-state index in [1.807, 2.05) is 18.5 Å². The Hall–Kier alpha value is -0.940. The fourth-order valence-corrected chi connectivity index (χ4v) is 2.60. The van der Waals surface area contributed by atoms with E-state index in [0.717, 1.165) is 37.3 Å². The zero-order valence-electron chi connectivity index (χ0n) is 9.98. The van der Waals surface area contributed by atoms with Crippen LogP contribution in [0.1, 0.15) is 43.4 Å². The lowest BCUT2D eigenvalue weighted by atomic mass is 9.80. The van der Waals surface area contributed by atoms with Crippen LogP contribution in [0.3, 0.4) is 0 Å². The van der Waals surface area contributed by atoms with Gasteiger partial charge in [-0.15, -0.1) is 0 Å². The van der Waals surface area contributed by atoms with E-state index < -0.39 is 5.54 Å². The molecule has 1 aliphatic rings. The van der Waals surface area contributed by atoms with Gasteiger partial charge in [-0.05, 0) is 39.5 Å². The molecule has 0 amide bonds. The van der Waals surface area contributed by atoms with E-state index >= 15 is 0 Å². The van der Waals surface area contributed by atoms with Crippen molar-refractivity contribution < 1.29 is 5.11 Å². The van der Waals surface area contributed by atoms with Crippen molar-refractivity contribution in [2.75, 3.05) is 6.61 Å². The normalized spacial score (nSPS) is 30.6. The van der Waals surface area contributed by atoms with Gasteiger partial charge in [0.15, 0.2) is 0 Å². The second-order valence-electron chi connectivity index (χ2n) is 4.92. The van der Waals surface area contributed by atoms with Crippen LogP contribution in [0.5, 0.6) is 0 Å². The molecule has 16 heavy (non-hydrogen) atoms. The van der Waals surface area contributed by atoms with Crippen LogP contribution in [0.25, 0.3) is 0 Å². The largest absolute Gasteiger partial charge is 0.394 e. The zero-order valence-corrected chi connectivity index (χ0v) is 9.98. The van der Waals surface area contributed by atoms with Gasteiger partial charge in [0.05, 0.1) is 12.6 Å². The standard InChI is InChI=1S/C11H20N4O/c1-8-13-9(2)15(14-8)10-4-3-5-11(12,6-10)7-16/h10,16H,3-7,12H2,1-2H3. The Morgan fingerprint density at radius 3 is 2.88 bits per heavy atom. The molecule has 1 aromatic heterocycles. The van der Waals surface area contributed by atoms with Gasteiger partial charge in [0.1, 0.15) is 11.6 Å². The maximum Gasteiger partial charge on any atom is 0.147 e. The Bertz CT molecular complexity index is 376. The number of rotatable bonds is 2. The molecule has 0 aromatic carbocycles. The first-order chi connectivity index (χ1) is 7.54. The van der Waals surface area contributed by atoms with Gasteiger partial charge < -0.3 is 10.8 Å². The van der Waals surface area contributed by atoms with Gasteiger partial charge in [-0.25, -0.2) is 9.67 Å². The van der Waals surface area contributed by atoms with E-state index in [4.69, 9.17) is 5.73 Å². The van der Waals surface area contributed by atoms with Crippen molar-refractivity contribution in [1.82, 2.24) is 14.8 Å². The molecule has 0 radical (unpaired) electrons. The molecule has 0 aliphatic heterocycles. The number of nitrogens with two attached hydrogens (primary N) is 1. The SMILES string of the molecule is Cc1nc(C)n(C2CCCC(N)(CO)C2)n1. The smallest absolute Gasteiger partial charge is 0.147 e. The van der Waals surface area contributed by atoms with Crippen LogP contribution >= 0.6 is 0 Å². The predicted molar refractivity (Wildman–Crippen MR) is 61.0 cm³/mol. The van der Waals surface area contributed by atoms with Gasteiger partial charge in [-0.2, -0.15) is 5.10 Å². The highest BCUT2D eigenvalue weighted by atomic mass is 16.3. The summed E-state index contributed by atoms with van der Waals surface area (Å²) in [4.78, 5) is 4.31. The third-order valence-corrected chi connectivity index (χ3v) is 3.42. The molecule has 1 aliphatic carbocycles. The second kappa shape index (κ2) is 4.14. The lowest BCUT2D eigenvalue weighted by Gasteiger charge is -2.36. The van der Waals surface area contributed by atoms with E-state index in [2.05, 4.69) is 10.1 Å². The Balaban J connectivity index is 2.19. The number of nitrogens with zero attached hydrogens (tertiary/aromatic N) is 3. The second-order valence-corrected chi connectivity index (χ2v) is 4.92. The van der Waals surface area contributed by atoms with Crippen LogP contribution < -0.4 is 5.73 Å². The van der Waals surface area contributed by atoms with Crippen molar-refractivity contribution in [3.8, 4) is 0 Å². The van der Waals surface area contributed by atoms with Crippen molar-refractivity contribution in [3.63, 3.8) is 0 Å². The average Bonchev–Trinajstić information content (AvgIpc) is 2.58. The molecule has 0 bridgehead atoms. The summed E-state index contributed by atoms with van der Waals surface area (Å²) in [6.45, 7) is 3.91. The Labute approximate surface area is 95.7 Å². The lowest BCUT2D eigenvalue weighted by Crippen LogP contribution is -2.48. The van der Waals surface area contributed by atoms with Crippen LogP contribution in [0.2, 0.25) is 0 Å². The van der Waals surface area contributed by atoms with Crippen molar-refractivity contribution in [2.45, 2.75) is 51.1 Å². The quantitative estimate of drug-likeness (QED) is 0.775. The summed E-state index contributed by atoms with van der Waals surface area (Å²) < 4.78 is 1.96. The highest BCUT2D eigenvalue weighted by molar-refractivity contribution is 4.96. The van der Waals surface area contributed by atoms with Gasteiger partial charge in [-0.3, -0.25) is 0 Å². The third-order valence-electron chi connectivity index (χ3n) is 3.42.